The molecule has 2 aliphatic heterocycles. The molecule has 2 saturated carbocycles. The van der Waals surface area contributed by atoms with Crippen molar-refractivity contribution in [1.29, 1.82) is 0 Å². The van der Waals surface area contributed by atoms with E-state index in [4.69, 9.17) is 32.7 Å². The van der Waals surface area contributed by atoms with E-state index in [0.717, 1.165) is 49.6 Å². The third-order valence-corrected chi connectivity index (χ3v) is 11.3. The second-order valence-corrected chi connectivity index (χ2v) is 14.5. The van der Waals surface area contributed by atoms with Gasteiger partial charge in [-0.15, -0.1) is 0 Å². The van der Waals surface area contributed by atoms with Crippen LogP contribution in [0, 0.1) is 11.8 Å². The van der Waals surface area contributed by atoms with Crippen LogP contribution in [0.5, 0.6) is 5.75 Å². The van der Waals surface area contributed by atoms with Gasteiger partial charge < -0.3 is 14.4 Å². The van der Waals surface area contributed by atoms with E-state index in [1.807, 2.05) is 6.07 Å². The third-order valence-electron chi connectivity index (χ3n) is 10.5. The molecule has 2 aromatic rings. The summed E-state index contributed by atoms with van der Waals surface area (Å²) < 4.78 is 13.6. The zero-order valence-corrected chi connectivity index (χ0v) is 26.2. The van der Waals surface area contributed by atoms with Crippen LogP contribution >= 0.6 is 23.2 Å². The number of halogens is 2. The Labute approximate surface area is 258 Å². The SMILES string of the molecule is CC(=O)O[C@@]12CC[C@@H](N(CC(C)C)C(=O)Cc3ccc(Cl)c(Cl)c3)[C@@H]3Oc4cccc5c4[C@@]31CCN(CC1CC1)[C@@H]2C5. The Balaban J connectivity index is 1.31. The number of hydrogen-bond acceptors (Lipinski definition) is 5. The number of hydrogen-bond donors (Lipinski definition) is 0. The summed E-state index contributed by atoms with van der Waals surface area (Å²) in [5.74, 6) is 1.75. The number of carbonyl (C=O) groups is 2. The number of likely N-dealkylation sites (tertiary alicyclic amines) is 1. The van der Waals surface area contributed by atoms with Crippen LogP contribution in [0.3, 0.4) is 0 Å². The lowest BCUT2D eigenvalue weighted by Crippen LogP contribution is -2.79. The highest BCUT2D eigenvalue weighted by Gasteiger charge is 2.75. The maximum absolute atomic E-state index is 14.2. The average molecular weight is 612 g/mol. The molecular formula is C34H40Cl2N2O4. The van der Waals surface area contributed by atoms with Gasteiger partial charge in [-0.1, -0.05) is 55.2 Å². The highest BCUT2D eigenvalue weighted by molar-refractivity contribution is 6.42. The number of carbonyl (C=O) groups excluding carboxylic acids is 2. The van der Waals surface area contributed by atoms with Gasteiger partial charge in [0.1, 0.15) is 17.5 Å². The second kappa shape index (κ2) is 10.4. The second-order valence-electron chi connectivity index (χ2n) is 13.7. The summed E-state index contributed by atoms with van der Waals surface area (Å²) in [5, 5.41) is 0.932. The smallest absolute Gasteiger partial charge is 0.303 e. The Morgan fingerprint density at radius 1 is 1.12 bits per heavy atom. The van der Waals surface area contributed by atoms with Crippen LogP contribution in [0.15, 0.2) is 36.4 Å². The Morgan fingerprint density at radius 2 is 1.93 bits per heavy atom. The topological polar surface area (TPSA) is 59.1 Å². The molecule has 0 radical (unpaired) electrons. The normalized spacial score (nSPS) is 31.0. The molecule has 0 aromatic heterocycles. The van der Waals surface area contributed by atoms with Crippen LogP contribution in [-0.4, -0.2) is 65.1 Å². The highest BCUT2D eigenvalue weighted by atomic mass is 35.5. The first-order valence-corrected chi connectivity index (χ1v) is 16.3. The van der Waals surface area contributed by atoms with Crippen molar-refractivity contribution < 1.29 is 19.1 Å². The summed E-state index contributed by atoms with van der Waals surface area (Å²) in [6.45, 7) is 8.50. The van der Waals surface area contributed by atoms with Gasteiger partial charge in [-0.25, -0.2) is 0 Å². The standard InChI is InChI=1S/C34H40Cl2N2O4/c1-20(2)18-38(30(40)16-23-9-10-25(35)26(36)15-23)27-11-12-34(42-21(3)39)29-17-24-5-4-6-28-31(24)33(34,32(27)41-28)13-14-37(29)19-22-7-8-22/h4-6,9-10,15,20,22,27,29,32H,7-8,11-14,16-19H2,1-3H3/t27-,29-,32+,33+,34-/m1/s1. The lowest BCUT2D eigenvalue weighted by atomic mass is 9.48. The molecule has 7 rings (SSSR count). The molecule has 2 heterocycles. The summed E-state index contributed by atoms with van der Waals surface area (Å²) in [7, 11) is 0. The van der Waals surface area contributed by atoms with Crippen LogP contribution in [0.2, 0.25) is 10.0 Å². The molecule has 5 atom stereocenters. The Hall–Kier alpha value is -2.28. The fraction of sp³-hybridized carbons (Fsp3) is 0.588. The fourth-order valence-electron chi connectivity index (χ4n) is 8.92. The number of esters is 1. The number of benzene rings is 2. The average Bonchev–Trinajstić information content (AvgIpc) is 3.68. The largest absolute Gasteiger partial charge is 0.487 e. The van der Waals surface area contributed by atoms with Gasteiger partial charge in [-0.05, 0) is 86.2 Å². The van der Waals surface area contributed by atoms with Gasteiger partial charge in [0.15, 0.2) is 0 Å². The predicted molar refractivity (Wildman–Crippen MR) is 163 cm³/mol. The van der Waals surface area contributed by atoms with E-state index >= 15 is 0 Å². The molecule has 2 aromatic carbocycles. The van der Waals surface area contributed by atoms with E-state index in [1.165, 1.54) is 24.0 Å². The van der Waals surface area contributed by atoms with Crippen LogP contribution < -0.4 is 4.74 Å². The number of nitrogens with zero attached hydrogens (tertiary/aromatic N) is 2. The Kier molecular flexibility index (Phi) is 7.07. The van der Waals surface area contributed by atoms with E-state index < -0.39 is 11.0 Å². The van der Waals surface area contributed by atoms with Gasteiger partial charge in [-0.2, -0.15) is 0 Å². The van der Waals surface area contributed by atoms with Gasteiger partial charge in [0.25, 0.3) is 0 Å². The van der Waals surface area contributed by atoms with Crippen molar-refractivity contribution in [3.05, 3.63) is 63.1 Å². The molecule has 5 aliphatic rings. The molecule has 1 amide bonds. The van der Waals surface area contributed by atoms with Crippen LogP contribution in [-0.2, 0) is 32.6 Å². The molecular weight excluding hydrogens is 571 g/mol. The zero-order valence-electron chi connectivity index (χ0n) is 24.7. The van der Waals surface area contributed by atoms with E-state index in [1.54, 1.807) is 19.1 Å². The molecule has 6 nitrogen and oxygen atoms in total. The fourth-order valence-corrected chi connectivity index (χ4v) is 9.24. The summed E-state index contributed by atoms with van der Waals surface area (Å²) in [6.07, 6.45) is 5.67. The zero-order chi connectivity index (χ0) is 29.4. The molecule has 1 spiro atoms. The van der Waals surface area contributed by atoms with Gasteiger partial charge >= 0.3 is 5.97 Å². The number of ether oxygens (including phenoxy) is 2. The van der Waals surface area contributed by atoms with Gasteiger partial charge in [0.05, 0.1) is 34.0 Å². The summed E-state index contributed by atoms with van der Waals surface area (Å²) in [4.78, 5) is 31.8. The van der Waals surface area contributed by atoms with E-state index in [2.05, 4.69) is 41.8 Å². The first-order chi connectivity index (χ1) is 20.1. The van der Waals surface area contributed by atoms with Crippen molar-refractivity contribution in [2.45, 2.75) is 94.9 Å². The van der Waals surface area contributed by atoms with Crippen molar-refractivity contribution in [3.63, 3.8) is 0 Å². The van der Waals surface area contributed by atoms with Crippen molar-refractivity contribution in [3.8, 4) is 5.75 Å². The Morgan fingerprint density at radius 3 is 2.64 bits per heavy atom. The molecule has 0 N–H and O–H groups in total. The summed E-state index contributed by atoms with van der Waals surface area (Å²) in [5.41, 5.74) is 2.21. The van der Waals surface area contributed by atoms with Crippen LogP contribution in [0.4, 0.5) is 0 Å². The molecule has 3 aliphatic carbocycles. The molecule has 3 fully saturated rings. The van der Waals surface area contributed by atoms with Gasteiger partial charge in [0.2, 0.25) is 5.91 Å². The molecule has 8 heteroatoms. The minimum absolute atomic E-state index is 0.0572. The maximum Gasteiger partial charge on any atom is 0.303 e. The lowest BCUT2D eigenvalue weighted by Gasteiger charge is -2.66. The minimum Gasteiger partial charge on any atom is -0.487 e. The summed E-state index contributed by atoms with van der Waals surface area (Å²) in [6, 6.07) is 11.8. The number of piperidine rings is 1. The highest BCUT2D eigenvalue weighted by Crippen LogP contribution is 2.66. The Bertz CT molecular complexity index is 1430. The van der Waals surface area contributed by atoms with E-state index in [9.17, 15) is 9.59 Å². The predicted octanol–water partition coefficient (Wildman–Crippen LogP) is 6.22. The number of rotatable bonds is 8. The molecule has 1 saturated heterocycles. The summed E-state index contributed by atoms with van der Waals surface area (Å²) >= 11 is 12.5. The van der Waals surface area contributed by atoms with Gasteiger partial charge in [-0.3, -0.25) is 14.5 Å². The van der Waals surface area contributed by atoms with E-state index in [-0.39, 0.29) is 42.4 Å². The maximum atomic E-state index is 14.2. The first kappa shape index (κ1) is 28.5. The van der Waals surface area contributed by atoms with E-state index in [0.29, 0.717) is 23.0 Å². The monoisotopic (exact) mass is 610 g/mol. The number of amides is 1. The van der Waals surface area contributed by atoms with Crippen molar-refractivity contribution >= 4 is 35.1 Å². The molecule has 0 unspecified atom stereocenters. The van der Waals surface area contributed by atoms with Crippen molar-refractivity contribution in [2.24, 2.45) is 11.8 Å². The molecule has 2 bridgehead atoms. The lowest BCUT2D eigenvalue weighted by molar-refractivity contribution is -0.224. The quantitative estimate of drug-likeness (QED) is 0.332. The third kappa shape index (κ3) is 4.38. The van der Waals surface area contributed by atoms with Gasteiger partial charge in [0, 0.05) is 25.6 Å². The van der Waals surface area contributed by atoms with Crippen LogP contribution in [0.25, 0.3) is 0 Å². The minimum atomic E-state index is -0.678. The van der Waals surface area contributed by atoms with Crippen LogP contribution in [0.1, 0.15) is 69.6 Å². The van der Waals surface area contributed by atoms with Crippen molar-refractivity contribution in [1.82, 2.24) is 9.80 Å². The van der Waals surface area contributed by atoms with Crippen molar-refractivity contribution in [2.75, 3.05) is 19.6 Å². The molecule has 224 valence electrons. The molecule has 42 heavy (non-hydrogen) atoms. The first-order valence-electron chi connectivity index (χ1n) is 15.6.